The third-order valence-corrected chi connectivity index (χ3v) is 2.43. The third-order valence-electron chi connectivity index (χ3n) is 2.43. The number of phenolic OH excluding ortho intramolecular Hbond substituents is 1. The van der Waals surface area contributed by atoms with Crippen molar-refractivity contribution in [2.24, 2.45) is 0 Å². The number of aromatic carboxylic acids is 1. The maximum absolute atomic E-state index is 11.0. The molecule has 3 N–H and O–H groups in total. The fraction of sp³-hybridized carbons (Fsp3) is 0.182. The number of aryl methyl sites for hydroxylation is 2. The zero-order valence-corrected chi connectivity index (χ0v) is 8.46. The van der Waals surface area contributed by atoms with Crippen LogP contribution in [0.5, 0.6) is 5.75 Å². The number of rotatable bonds is 1. The molecular weight excluding hydrogens is 194 g/mol. The van der Waals surface area contributed by atoms with E-state index in [9.17, 15) is 9.90 Å². The number of nitrogens with one attached hydrogen (secondary N) is 1. The highest BCUT2D eigenvalue weighted by atomic mass is 16.4. The largest absolute Gasteiger partial charge is 0.506 e. The number of H-pyrrole nitrogens is 1. The average molecular weight is 205 g/mol. The smallest absolute Gasteiger partial charge is 0.338 e. The van der Waals surface area contributed by atoms with Gasteiger partial charge >= 0.3 is 5.97 Å². The van der Waals surface area contributed by atoms with E-state index < -0.39 is 5.97 Å². The Morgan fingerprint density at radius 3 is 2.60 bits per heavy atom. The molecule has 0 aliphatic rings. The molecule has 0 bridgehead atoms. The predicted octanol–water partition coefficient (Wildman–Crippen LogP) is 2.19. The van der Waals surface area contributed by atoms with Crippen LogP contribution < -0.4 is 0 Å². The fourth-order valence-electron chi connectivity index (χ4n) is 1.82. The number of hydrogen-bond acceptors (Lipinski definition) is 2. The minimum absolute atomic E-state index is 0.0839. The monoisotopic (exact) mass is 205 g/mol. The molecule has 1 aromatic carbocycles. The molecule has 0 fully saturated rings. The molecule has 0 saturated heterocycles. The number of aromatic nitrogens is 1. The molecule has 0 aliphatic heterocycles. The molecule has 0 saturated carbocycles. The van der Waals surface area contributed by atoms with Gasteiger partial charge in [0, 0.05) is 11.1 Å². The van der Waals surface area contributed by atoms with Crippen LogP contribution >= 0.6 is 0 Å². The maximum Gasteiger partial charge on any atom is 0.338 e. The molecule has 0 aliphatic carbocycles. The van der Waals surface area contributed by atoms with Crippen LogP contribution in [-0.4, -0.2) is 21.2 Å². The standard InChI is InChI=1S/C11H11NO3/c1-5-3-7-9(11(14)15)6(2)12-10(7)8(13)4-5/h3-4,12-13H,1-2H3,(H,14,15). The quantitative estimate of drug-likeness (QED) is 0.668. The summed E-state index contributed by atoms with van der Waals surface area (Å²) in [5.74, 6) is -0.899. The highest BCUT2D eigenvalue weighted by Crippen LogP contribution is 2.30. The number of carboxylic acid groups (broad SMARTS) is 1. The molecule has 2 aromatic rings. The summed E-state index contributed by atoms with van der Waals surface area (Å²) in [6.45, 7) is 3.49. The first-order chi connectivity index (χ1) is 7.00. The van der Waals surface area contributed by atoms with Crippen LogP contribution in [0.25, 0.3) is 10.9 Å². The van der Waals surface area contributed by atoms with Gasteiger partial charge in [-0.15, -0.1) is 0 Å². The summed E-state index contributed by atoms with van der Waals surface area (Å²) in [4.78, 5) is 13.9. The molecule has 2 rings (SSSR count). The lowest BCUT2D eigenvalue weighted by molar-refractivity contribution is 0.0698. The number of carboxylic acids is 1. The Labute approximate surface area is 86.2 Å². The molecule has 1 aromatic heterocycles. The topological polar surface area (TPSA) is 73.3 Å². The molecule has 4 heteroatoms. The van der Waals surface area contributed by atoms with Crippen LogP contribution in [0, 0.1) is 13.8 Å². The Morgan fingerprint density at radius 2 is 2.00 bits per heavy atom. The molecule has 0 atom stereocenters. The number of aromatic hydroxyl groups is 1. The fourth-order valence-corrected chi connectivity index (χ4v) is 1.82. The second-order valence-corrected chi connectivity index (χ2v) is 3.64. The summed E-state index contributed by atoms with van der Waals surface area (Å²) in [6.07, 6.45) is 0. The van der Waals surface area contributed by atoms with E-state index in [1.54, 1.807) is 19.1 Å². The Bertz CT molecular complexity index is 554. The first-order valence-electron chi connectivity index (χ1n) is 4.56. The van der Waals surface area contributed by atoms with Crippen molar-refractivity contribution in [2.75, 3.05) is 0 Å². The van der Waals surface area contributed by atoms with E-state index >= 15 is 0 Å². The van der Waals surface area contributed by atoms with Crippen molar-refractivity contribution in [3.05, 3.63) is 29.0 Å². The minimum atomic E-state index is -0.983. The van der Waals surface area contributed by atoms with Gasteiger partial charge in [0.05, 0.1) is 11.1 Å². The summed E-state index contributed by atoms with van der Waals surface area (Å²) >= 11 is 0. The van der Waals surface area contributed by atoms with Crippen molar-refractivity contribution >= 4 is 16.9 Å². The molecule has 15 heavy (non-hydrogen) atoms. The lowest BCUT2D eigenvalue weighted by Gasteiger charge is -1.98. The highest BCUT2D eigenvalue weighted by Gasteiger charge is 2.16. The molecular formula is C11H11NO3. The van der Waals surface area contributed by atoms with Gasteiger partial charge in [-0.25, -0.2) is 4.79 Å². The lowest BCUT2D eigenvalue weighted by atomic mass is 10.1. The minimum Gasteiger partial charge on any atom is -0.506 e. The highest BCUT2D eigenvalue weighted by molar-refractivity contribution is 6.06. The summed E-state index contributed by atoms with van der Waals surface area (Å²) in [6, 6.07) is 3.35. The second-order valence-electron chi connectivity index (χ2n) is 3.64. The van der Waals surface area contributed by atoms with Crippen LogP contribution in [0.1, 0.15) is 21.6 Å². The van der Waals surface area contributed by atoms with Gasteiger partial charge in [0.1, 0.15) is 5.75 Å². The van der Waals surface area contributed by atoms with E-state index in [4.69, 9.17) is 5.11 Å². The van der Waals surface area contributed by atoms with Gasteiger partial charge in [-0.2, -0.15) is 0 Å². The summed E-state index contributed by atoms with van der Waals surface area (Å²) in [5, 5.41) is 19.2. The van der Waals surface area contributed by atoms with Crippen LogP contribution in [0.4, 0.5) is 0 Å². The summed E-state index contributed by atoms with van der Waals surface area (Å²) in [7, 11) is 0. The van der Waals surface area contributed by atoms with Crippen LogP contribution in [0.2, 0.25) is 0 Å². The molecule has 0 unspecified atom stereocenters. The molecule has 78 valence electrons. The first-order valence-corrected chi connectivity index (χ1v) is 4.56. The third kappa shape index (κ3) is 1.34. The Kier molecular flexibility index (Phi) is 1.93. The number of fused-ring (bicyclic) bond motifs is 1. The van der Waals surface area contributed by atoms with Crippen molar-refractivity contribution in [3.63, 3.8) is 0 Å². The van der Waals surface area contributed by atoms with Crippen molar-refractivity contribution in [2.45, 2.75) is 13.8 Å². The summed E-state index contributed by atoms with van der Waals surface area (Å²) < 4.78 is 0. The number of benzene rings is 1. The average Bonchev–Trinajstić information content (AvgIpc) is 2.41. The normalized spacial score (nSPS) is 10.8. The van der Waals surface area contributed by atoms with Crippen molar-refractivity contribution in [1.29, 1.82) is 0 Å². The van der Waals surface area contributed by atoms with Gasteiger partial charge in [-0.3, -0.25) is 0 Å². The number of hydrogen-bond donors (Lipinski definition) is 3. The van der Waals surface area contributed by atoms with E-state index in [2.05, 4.69) is 4.98 Å². The van der Waals surface area contributed by atoms with Crippen LogP contribution in [0.15, 0.2) is 12.1 Å². The van der Waals surface area contributed by atoms with Crippen molar-refractivity contribution in [1.82, 2.24) is 4.98 Å². The van der Waals surface area contributed by atoms with E-state index in [0.29, 0.717) is 16.6 Å². The predicted molar refractivity (Wildman–Crippen MR) is 56.4 cm³/mol. The van der Waals surface area contributed by atoms with Gasteiger partial charge in [-0.1, -0.05) is 0 Å². The molecule has 0 radical (unpaired) electrons. The van der Waals surface area contributed by atoms with E-state index in [0.717, 1.165) is 5.56 Å². The van der Waals surface area contributed by atoms with Gasteiger partial charge in [0.2, 0.25) is 0 Å². The van der Waals surface area contributed by atoms with E-state index in [-0.39, 0.29) is 11.3 Å². The maximum atomic E-state index is 11.0. The molecule has 4 nitrogen and oxygen atoms in total. The number of aromatic amines is 1. The zero-order valence-electron chi connectivity index (χ0n) is 8.46. The van der Waals surface area contributed by atoms with Crippen molar-refractivity contribution in [3.8, 4) is 5.75 Å². The summed E-state index contributed by atoms with van der Waals surface area (Å²) in [5.41, 5.74) is 2.10. The second kappa shape index (κ2) is 3.02. The number of carbonyl (C=O) groups is 1. The van der Waals surface area contributed by atoms with E-state index in [1.165, 1.54) is 0 Å². The Hall–Kier alpha value is -1.97. The van der Waals surface area contributed by atoms with Gasteiger partial charge in [0.25, 0.3) is 0 Å². The van der Waals surface area contributed by atoms with Gasteiger partial charge < -0.3 is 15.2 Å². The van der Waals surface area contributed by atoms with E-state index in [1.807, 2.05) is 6.92 Å². The molecule has 0 amide bonds. The Morgan fingerprint density at radius 1 is 1.33 bits per heavy atom. The van der Waals surface area contributed by atoms with Crippen molar-refractivity contribution < 1.29 is 15.0 Å². The SMILES string of the molecule is Cc1cc(O)c2[nH]c(C)c(C(=O)O)c2c1. The van der Waals surface area contributed by atoms with Crippen LogP contribution in [-0.2, 0) is 0 Å². The molecule has 0 spiro atoms. The number of phenols is 1. The Balaban J connectivity index is 2.93. The van der Waals surface area contributed by atoms with Crippen LogP contribution in [0.3, 0.4) is 0 Å². The first kappa shape index (κ1) is 9.58. The van der Waals surface area contributed by atoms with Gasteiger partial charge in [-0.05, 0) is 31.5 Å². The lowest BCUT2D eigenvalue weighted by Crippen LogP contribution is -1.97. The molecule has 1 heterocycles. The zero-order chi connectivity index (χ0) is 11.2. The van der Waals surface area contributed by atoms with Gasteiger partial charge in [0.15, 0.2) is 0 Å².